The van der Waals surface area contributed by atoms with Crippen LogP contribution in [0, 0.1) is 23.7 Å². The lowest BCUT2D eigenvalue weighted by atomic mass is 10.1. The van der Waals surface area contributed by atoms with Crippen LogP contribution in [0.2, 0.25) is 0 Å². The van der Waals surface area contributed by atoms with E-state index in [2.05, 4.69) is 11.4 Å². The van der Waals surface area contributed by atoms with Crippen LogP contribution in [0.3, 0.4) is 0 Å². The van der Waals surface area contributed by atoms with Crippen LogP contribution in [0.15, 0.2) is 18.2 Å². The van der Waals surface area contributed by atoms with Gasteiger partial charge in [-0.05, 0) is 37.5 Å². The van der Waals surface area contributed by atoms with E-state index in [1.807, 2.05) is 13.0 Å². The first-order valence-electron chi connectivity index (χ1n) is 5.63. The zero-order valence-electron chi connectivity index (χ0n) is 9.79. The lowest BCUT2D eigenvalue weighted by molar-refractivity contribution is -0.120. The summed E-state index contributed by atoms with van der Waals surface area (Å²) < 4.78 is 0. The van der Waals surface area contributed by atoms with Gasteiger partial charge in [-0.2, -0.15) is 5.26 Å². The number of hydrogen-bond acceptors (Lipinski definition) is 3. The van der Waals surface area contributed by atoms with Crippen LogP contribution in [-0.2, 0) is 4.79 Å². The summed E-state index contributed by atoms with van der Waals surface area (Å²) in [5, 5.41) is 11.7. The van der Waals surface area contributed by atoms with Gasteiger partial charge >= 0.3 is 0 Å². The molecule has 1 saturated carbocycles. The van der Waals surface area contributed by atoms with Crippen molar-refractivity contribution in [2.24, 2.45) is 11.1 Å². The zero-order valence-corrected chi connectivity index (χ0v) is 9.79. The molecule has 0 aliphatic heterocycles. The van der Waals surface area contributed by atoms with E-state index in [1.54, 1.807) is 12.1 Å². The maximum atomic E-state index is 12.0. The molecule has 0 atom stereocenters. The van der Waals surface area contributed by atoms with Crippen LogP contribution in [0.25, 0.3) is 0 Å². The minimum atomic E-state index is -0.366. The molecule has 4 nitrogen and oxygen atoms in total. The molecule has 3 N–H and O–H groups in total. The van der Waals surface area contributed by atoms with Gasteiger partial charge in [0.15, 0.2) is 0 Å². The Morgan fingerprint density at radius 1 is 1.59 bits per heavy atom. The summed E-state index contributed by atoms with van der Waals surface area (Å²) in [7, 11) is 0. The standard InChI is InChI=1S/C13H15N3O/c1-9-2-3-10(7-14)6-11(9)16-12(17)13(8-15)4-5-13/h2-3,6H,4-5,8,15H2,1H3,(H,16,17). The molecule has 0 saturated heterocycles. The Labute approximate surface area is 100 Å². The Morgan fingerprint density at radius 2 is 2.29 bits per heavy atom. The Kier molecular flexibility index (Phi) is 2.86. The summed E-state index contributed by atoms with van der Waals surface area (Å²) >= 11 is 0. The van der Waals surface area contributed by atoms with Gasteiger partial charge in [0.25, 0.3) is 0 Å². The first kappa shape index (κ1) is 11.6. The number of nitriles is 1. The highest BCUT2D eigenvalue weighted by Crippen LogP contribution is 2.45. The van der Waals surface area contributed by atoms with E-state index in [4.69, 9.17) is 11.0 Å². The van der Waals surface area contributed by atoms with Crippen molar-refractivity contribution < 1.29 is 4.79 Å². The first-order valence-corrected chi connectivity index (χ1v) is 5.63. The molecule has 1 aliphatic rings. The first-order chi connectivity index (χ1) is 8.11. The second kappa shape index (κ2) is 4.19. The summed E-state index contributed by atoms with van der Waals surface area (Å²) in [6, 6.07) is 7.32. The van der Waals surface area contributed by atoms with Gasteiger partial charge in [-0.15, -0.1) is 0 Å². The number of nitrogens with zero attached hydrogens (tertiary/aromatic N) is 1. The van der Waals surface area contributed by atoms with Gasteiger partial charge in [-0.3, -0.25) is 4.79 Å². The SMILES string of the molecule is Cc1ccc(C#N)cc1NC(=O)C1(CN)CC1. The number of rotatable bonds is 3. The molecule has 0 heterocycles. The monoisotopic (exact) mass is 229 g/mol. The maximum Gasteiger partial charge on any atom is 0.231 e. The lowest BCUT2D eigenvalue weighted by Crippen LogP contribution is -2.31. The van der Waals surface area contributed by atoms with Crippen molar-refractivity contribution in [2.45, 2.75) is 19.8 Å². The third-order valence-electron chi connectivity index (χ3n) is 3.34. The van der Waals surface area contributed by atoms with Crippen molar-refractivity contribution in [1.82, 2.24) is 0 Å². The number of aryl methyl sites for hydroxylation is 1. The molecule has 0 spiro atoms. The van der Waals surface area contributed by atoms with Crippen molar-refractivity contribution in [2.75, 3.05) is 11.9 Å². The van der Waals surface area contributed by atoms with Crippen LogP contribution in [-0.4, -0.2) is 12.5 Å². The molecule has 88 valence electrons. The topological polar surface area (TPSA) is 78.9 Å². The van der Waals surface area contributed by atoms with Gasteiger partial charge in [0, 0.05) is 12.2 Å². The second-order valence-corrected chi connectivity index (χ2v) is 4.58. The van der Waals surface area contributed by atoms with Crippen LogP contribution < -0.4 is 11.1 Å². The van der Waals surface area contributed by atoms with E-state index in [9.17, 15) is 4.79 Å². The van der Waals surface area contributed by atoms with E-state index >= 15 is 0 Å². The number of hydrogen-bond donors (Lipinski definition) is 2. The molecule has 0 radical (unpaired) electrons. The predicted molar refractivity (Wildman–Crippen MR) is 65.2 cm³/mol. The Morgan fingerprint density at radius 3 is 2.82 bits per heavy atom. The normalized spacial score (nSPS) is 16.1. The number of amides is 1. The second-order valence-electron chi connectivity index (χ2n) is 4.58. The summed E-state index contributed by atoms with van der Waals surface area (Å²) in [5.41, 5.74) is 7.44. The van der Waals surface area contributed by atoms with Gasteiger partial charge < -0.3 is 11.1 Å². The van der Waals surface area contributed by atoms with E-state index in [0.717, 1.165) is 18.4 Å². The molecule has 0 aromatic heterocycles. The molecule has 1 amide bonds. The molecule has 2 rings (SSSR count). The molecule has 17 heavy (non-hydrogen) atoms. The Bertz CT molecular complexity index is 498. The van der Waals surface area contributed by atoms with E-state index in [0.29, 0.717) is 17.8 Å². The number of nitrogens with one attached hydrogen (secondary N) is 1. The zero-order chi connectivity index (χ0) is 12.5. The molecule has 1 fully saturated rings. The predicted octanol–water partition coefficient (Wildman–Crippen LogP) is 1.54. The van der Waals surface area contributed by atoms with Crippen LogP contribution in [0.5, 0.6) is 0 Å². The Balaban J connectivity index is 2.19. The van der Waals surface area contributed by atoms with Crippen molar-refractivity contribution in [3.8, 4) is 6.07 Å². The van der Waals surface area contributed by atoms with Crippen molar-refractivity contribution in [3.63, 3.8) is 0 Å². The Hall–Kier alpha value is -1.86. The molecular weight excluding hydrogens is 214 g/mol. The number of carbonyl (C=O) groups excluding carboxylic acids is 1. The minimum absolute atomic E-state index is 0.0295. The highest BCUT2D eigenvalue weighted by molar-refractivity contribution is 5.98. The largest absolute Gasteiger partial charge is 0.329 e. The lowest BCUT2D eigenvalue weighted by Gasteiger charge is -2.14. The van der Waals surface area contributed by atoms with Crippen molar-refractivity contribution in [3.05, 3.63) is 29.3 Å². The summed E-state index contributed by atoms with van der Waals surface area (Å²) in [4.78, 5) is 12.0. The maximum absolute atomic E-state index is 12.0. The van der Waals surface area contributed by atoms with Crippen LogP contribution in [0.4, 0.5) is 5.69 Å². The summed E-state index contributed by atoms with van der Waals surface area (Å²) in [5.74, 6) is -0.0295. The molecule has 4 heteroatoms. The van der Waals surface area contributed by atoms with Gasteiger partial charge in [0.1, 0.15) is 0 Å². The minimum Gasteiger partial charge on any atom is -0.329 e. The fraction of sp³-hybridized carbons (Fsp3) is 0.385. The van der Waals surface area contributed by atoms with Gasteiger partial charge in [-0.25, -0.2) is 0 Å². The quantitative estimate of drug-likeness (QED) is 0.825. The number of anilines is 1. The summed E-state index contributed by atoms with van der Waals surface area (Å²) in [6.07, 6.45) is 1.71. The third-order valence-corrected chi connectivity index (χ3v) is 3.34. The van der Waals surface area contributed by atoms with Crippen molar-refractivity contribution >= 4 is 11.6 Å². The third kappa shape index (κ3) is 2.15. The van der Waals surface area contributed by atoms with E-state index in [1.165, 1.54) is 0 Å². The fourth-order valence-corrected chi connectivity index (χ4v) is 1.76. The van der Waals surface area contributed by atoms with E-state index in [-0.39, 0.29) is 11.3 Å². The average Bonchev–Trinajstić information content (AvgIpc) is 3.13. The molecule has 1 aromatic carbocycles. The highest BCUT2D eigenvalue weighted by atomic mass is 16.2. The summed E-state index contributed by atoms with van der Waals surface area (Å²) in [6.45, 7) is 2.29. The van der Waals surface area contributed by atoms with E-state index < -0.39 is 0 Å². The van der Waals surface area contributed by atoms with Gasteiger partial charge in [0.2, 0.25) is 5.91 Å². The average molecular weight is 229 g/mol. The molecule has 1 aliphatic carbocycles. The van der Waals surface area contributed by atoms with Gasteiger partial charge in [0.05, 0.1) is 17.0 Å². The fourth-order valence-electron chi connectivity index (χ4n) is 1.76. The van der Waals surface area contributed by atoms with Crippen LogP contribution in [0.1, 0.15) is 24.0 Å². The number of benzene rings is 1. The van der Waals surface area contributed by atoms with Crippen LogP contribution >= 0.6 is 0 Å². The van der Waals surface area contributed by atoms with Gasteiger partial charge in [-0.1, -0.05) is 6.07 Å². The molecule has 0 bridgehead atoms. The number of carbonyl (C=O) groups is 1. The highest BCUT2D eigenvalue weighted by Gasteiger charge is 2.48. The number of nitrogens with two attached hydrogens (primary N) is 1. The molecular formula is C13H15N3O. The smallest absolute Gasteiger partial charge is 0.231 e. The molecule has 1 aromatic rings. The molecule has 0 unspecified atom stereocenters. The van der Waals surface area contributed by atoms with Crippen molar-refractivity contribution in [1.29, 1.82) is 5.26 Å².